The van der Waals surface area contributed by atoms with Gasteiger partial charge in [0.05, 0.1) is 13.1 Å². The Balaban J connectivity index is 1.61. The molecule has 6 nitrogen and oxygen atoms in total. The minimum Gasteiger partial charge on any atom is -0.298 e. The smallest absolute Gasteiger partial charge is 0.171 e. The number of hydrazine groups is 2. The lowest BCUT2D eigenvalue weighted by molar-refractivity contribution is 0.291. The molecule has 2 heterocycles. The third kappa shape index (κ3) is 4.68. The fourth-order valence-electron chi connectivity index (χ4n) is 1.54. The van der Waals surface area contributed by atoms with Gasteiger partial charge < -0.3 is 0 Å². The van der Waals surface area contributed by atoms with Gasteiger partial charge in [0, 0.05) is 38.7 Å². The fraction of sp³-hybridized carbons (Fsp3) is 0.800. The summed E-state index contributed by atoms with van der Waals surface area (Å²) in [7, 11) is 4.08. The second kappa shape index (κ2) is 7.22. The third-order valence-electron chi connectivity index (χ3n) is 2.52. The number of rotatable bonds is 3. The number of aliphatic imine (C=N–C) groups is 2. The first-order valence-corrected chi connectivity index (χ1v) is 8.01. The predicted octanol–water partition coefficient (Wildman–Crippen LogP) is 0.0648. The maximum Gasteiger partial charge on any atom is 0.171 e. The Kier molecular flexibility index (Phi) is 5.61. The van der Waals surface area contributed by atoms with Gasteiger partial charge in [-0.05, 0) is 0 Å². The summed E-state index contributed by atoms with van der Waals surface area (Å²) in [6.07, 6.45) is 0. The highest BCUT2D eigenvalue weighted by atomic mass is 32.2. The molecule has 0 saturated heterocycles. The van der Waals surface area contributed by atoms with Crippen LogP contribution in [0.1, 0.15) is 0 Å². The number of thioether (sulfide) groups is 2. The zero-order chi connectivity index (χ0) is 12.8. The normalized spacial score (nSPS) is 21.9. The van der Waals surface area contributed by atoms with Gasteiger partial charge in [0.1, 0.15) is 0 Å². The standard InChI is InChI=1S/C10H20N6S2/c1-15-5-3-11-9(13-15)17-7-8-18-10-12-4-6-16(2)14-10/h3-8H2,1-2H3,(H,11,13)(H,12,14). The van der Waals surface area contributed by atoms with Gasteiger partial charge in [0.25, 0.3) is 0 Å². The number of nitrogens with zero attached hydrogens (tertiary/aromatic N) is 4. The lowest BCUT2D eigenvalue weighted by Gasteiger charge is -2.24. The largest absolute Gasteiger partial charge is 0.298 e. The summed E-state index contributed by atoms with van der Waals surface area (Å²) in [6, 6.07) is 0. The van der Waals surface area contributed by atoms with Gasteiger partial charge in [-0.3, -0.25) is 20.8 Å². The Morgan fingerprint density at radius 3 is 1.78 bits per heavy atom. The molecule has 0 unspecified atom stereocenters. The van der Waals surface area contributed by atoms with Crippen molar-refractivity contribution in [1.82, 2.24) is 20.9 Å². The first-order valence-electron chi connectivity index (χ1n) is 6.04. The van der Waals surface area contributed by atoms with E-state index < -0.39 is 0 Å². The summed E-state index contributed by atoms with van der Waals surface area (Å²) in [4.78, 5) is 8.88. The molecule has 102 valence electrons. The molecule has 18 heavy (non-hydrogen) atoms. The van der Waals surface area contributed by atoms with Gasteiger partial charge in [-0.2, -0.15) is 0 Å². The second-order valence-corrected chi connectivity index (χ2v) is 6.30. The molecule has 0 radical (unpaired) electrons. The quantitative estimate of drug-likeness (QED) is 0.717. The predicted molar refractivity (Wildman–Crippen MR) is 81.1 cm³/mol. The Labute approximate surface area is 117 Å². The van der Waals surface area contributed by atoms with E-state index in [0.717, 1.165) is 48.0 Å². The molecule has 8 heteroatoms. The molecule has 0 bridgehead atoms. The summed E-state index contributed by atoms with van der Waals surface area (Å²) in [5.74, 6) is 2.07. The zero-order valence-corrected chi connectivity index (χ0v) is 12.5. The first kappa shape index (κ1) is 14.0. The van der Waals surface area contributed by atoms with E-state index in [9.17, 15) is 0 Å². The molecule has 0 aliphatic carbocycles. The lowest BCUT2D eigenvalue weighted by Crippen LogP contribution is -2.43. The molecule has 0 fully saturated rings. The van der Waals surface area contributed by atoms with E-state index in [1.807, 2.05) is 14.1 Å². The van der Waals surface area contributed by atoms with Crippen LogP contribution in [0.4, 0.5) is 0 Å². The van der Waals surface area contributed by atoms with Gasteiger partial charge in [-0.1, -0.05) is 23.5 Å². The minimum absolute atomic E-state index is 0.887. The number of likely N-dealkylation sites (N-methyl/N-ethyl adjacent to an activating group) is 2. The topological polar surface area (TPSA) is 55.3 Å². The Morgan fingerprint density at radius 2 is 1.39 bits per heavy atom. The molecule has 2 aliphatic rings. The van der Waals surface area contributed by atoms with Crippen LogP contribution in [0.25, 0.3) is 0 Å². The summed E-state index contributed by atoms with van der Waals surface area (Å²) in [5, 5.41) is 6.20. The molecule has 0 aromatic carbocycles. The number of nitrogens with one attached hydrogen (secondary N) is 2. The fourth-order valence-corrected chi connectivity index (χ4v) is 3.40. The van der Waals surface area contributed by atoms with Crippen LogP contribution in [0.15, 0.2) is 9.98 Å². The van der Waals surface area contributed by atoms with Crippen LogP contribution in [0, 0.1) is 0 Å². The highest BCUT2D eigenvalue weighted by Gasteiger charge is 2.11. The Bertz CT molecular complexity index is 300. The van der Waals surface area contributed by atoms with E-state index in [4.69, 9.17) is 0 Å². The second-order valence-electron chi connectivity index (χ2n) is 4.14. The average Bonchev–Trinajstić information content (AvgIpc) is 2.35. The molecular weight excluding hydrogens is 268 g/mol. The van der Waals surface area contributed by atoms with Crippen LogP contribution in [0.3, 0.4) is 0 Å². The van der Waals surface area contributed by atoms with Gasteiger partial charge in [0.15, 0.2) is 10.3 Å². The monoisotopic (exact) mass is 288 g/mol. The number of amidine groups is 2. The third-order valence-corrected chi connectivity index (χ3v) is 4.58. The maximum atomic E-state index is 4.44. The van der Waals surface area contributed by atoms with Crippen LogP contribution < -0.4 is 10.9 Å². The molecule has 2 rings (SSSR count). The molecule has 0 atom stereocenters. The molecule has 0 aromatic rings. The minimum atomic E-state index is 0.887. The van der Waals surface area contributed by atoms with Crippen LogP contribution in [-0.4, -0.2) is 72.1 Å². The van der Waals surface area contributed by atoms with E-state index >= 15 is 0 Å². The van der Waals surface area contributed by atoms with Gasteiger partial charge in [-0.15, -0.1) is 0 Å². The van der Waals surface area contributed by atoms with Crippen molar-refractivity contribution in [2.24, 2.45) is 9.98 Å². The molecule has 0 amide bonds. The molecule has 0 saturated carbocycles. The summed E-state index contributed by atoms with van der Waals surface area (Å²) >= 11 is 3.54. The van der Waals surface area contributed by atoms with Crippen LogP contribution in [0.2, 0.25) is 0 Å². The maximum absolute atomic E-state index is 4.44. The van der Waals surface area contributed by atoms with E-state index in [1.165, 1.54) is 0 Å². The SMILES string of the molecule is CN1CCN=C(SCCSC2=NCCN(C)N2)N1. The van der Waals surface area contributed by atoms with Crippen molar-refractivity contribution in [3.05, 3.63) is 0 Å². The highest BCUT2D eigenvalue weighted by molar-refractivity contribution is 8.17. The van der Waals surface area contributed by atoms with Gasteiger partial charge in [-0.25, -0.2) is 10.0 Å². The van der Waals surface area contributed by atoms with E-state index in [0.29, 0.717) is 0 Å². The van der Waals surface area contributed by atoms with Gasteiger partial charge in [0.2, 0.25) is 0 Å². The van der Waals surface area contributed by atoms with Crippen LogP contribution >= 0.6 is 23.5 Å². The Morgan fingerprint density at radius 1 is 0.944 bits per heavy atom. The molecular formula is C10H20N6S2. The van der Waals surface area contributed by atoms with Crippen molar-refractivity contribution in [2.45, 2.75) is 0 Å². The molecule has 2 aliphatic heterocycles. The molecule has 0 spiro atoms. The van der Waals surface area contributed by atoms with E-state index in [2.05, 4.69) is 30.9 Å². The number of hydrogen-bond acceptors (Lipinski definition) is 8. The van der Waals surface area contributed by atoms with Crippen molar-refractivity contribution in [1.29, 1.82) is 0 Å². The van der Waals surface area contributed by atoms with E-state index in [1.54, 1.807) is 23.5 Å². The van der Waals surface area contributed by atoms with Crippen molar-refractivity contribution in [3.8, 4) is 0 Å². The summed E-state index contributed by atoms with van der Waals surface area (Å²) in [5.41, 5.74) is 6.49. The van der Waals surface area contributed by atoms with Gasteiger partial charge >= 0.3 is 0 Å². The summed E-state index contributed by atoms with van der Waals surface area (Å²) in [6.45, 7) is 3.73. The number of hydrogen-bond donors (Lipinski definition) is 2. The van der Waals surface area contributed by atoms with Crippen molar-refractivity contribution < 1.29 is 0 Å². The Hall–Kier alpha value is -0.440. The van der Waals surface area contributed by atoms with Crippen molar-refractivity contribution >= 4 is 33.9 Å². The lowest BCUT2D eigenvalue weighted by atomic mass is 10.6. The molecule has 0 aromatic heterocycles. The van der Waals surface area contributed by atoms with Crippen LogP contribution in [-0.2, 0) is 0 Å². The highest BCUT2D eigenvalue weighted by Crippen LogP contribution is 2.11. The molecule has 2 N–H and O–H groups in total. The van der Waals surface area contributed by atoms with E-state index in [-0.39, 0.29) is 0 Å². The summed E-state index contributed by atoms with van der Waals surface area (Å²) < 4.78 is 0. The van der Waals surface area contributed by atoms with Crippen molar-refractivity contribution in [2.75, 3.05) is 51.8 Å². The van der Waals surface area contributed by atoms with Crippen LogP contribution in [0.5, 0.6) is 0 Å². The van der Waals surface area contributed by atoms with Crippen molar-refractivity contribution in [3.63, 3.8) is 0 Å². The average molecular weight is 288 g/mol. The first-order chi connectivity index (χ1) is 8.74. The zero-order valence-electron chi connectivity index (χ0n) is 10.8.